The molecule has 6 heteroatoms. The molecule has 1 N–H and O–H groups in total. The summed E-state index contributed by atoms with van der Waals surface area (Å²) in [5, 5.41) is 11.2. The Bertz CT molecular complexity index is 1220. The molecule has 35 heavy (non-hydrogen) atoms. The van der Waals surface area contributed by atoms with Gasteiger partial charge in [-0.15, -0.1) is 0 Å². The molecule has 1 amide bonds. The van der Waals surface area contributed by atoms with Crippen LogP contribution in [0.25, 0.3) is 5.76 Å². The molecule has 1 unspecified atom stereocenters. The van der Waals surface area contributed by atoms with Gasteiger partial charge in [0.05, 0.1) is 11.6 Å². The van der Waals surface area contributed by atoms with Gasteiger partial charge < -0.3 is 19.5 Å². The van der Waals surface area contributed by atoms with Gasteiger partial charge in [0.1, 0.15) is 18.1 Å². The van der Waals surface area contributed by atoms with Gasteiger partial charge in [-0.1, -0.05) is 72.3 Å². The van der Waals surface area contributed by atoms with Crippen molar-refractivity contribution < 1.29 is 24.2 Å². The SMILES string of the molecule is COCCCN1C(=O)C(=O)C(=C(O)c2ccc(C)cc2)C1c1cccc(OCc2ccccc2)c1. The normalized spacial score (nSPS) is 17.1. The molecule has 0 aliphatic carbocycles. The van der Waals surface area contributed by atoms with E-state index in [1.807, 2.05) is 73.7 Å². The van der Waals surface area contributed by atoms with Crippen LogP contribution in [0.15, 0.2) is 84.4 Å². The number of hydrogen-bond acceptors (Lipinski definition) is 5. The van der Waals surface area contributed by atoms with Gasteiger partial charge in [-0.25, -0.2) is 0 Å². The molecule has 1 atom stereocenters. The summed E-state index contributed by atoms with van der Waals surface area (Å²) < 4.78 is 11.1. The average molecular weight is 472 g/mol. The summed E-state index contributed by atoms with van der Waals surface area (Å²) in [6, 6.07) is 23.6. The largest absolute Gasteiger partial charge is 0.507 e. The van der Waals surface area contributed by atoms with Crippen molar-refractivity contribution in [1.82, 2.24) is 4.90 Å². The van der Waals surface area contributed by atoms with Crippen molar-refractivity contribution in [3.05, 3.63) is 107 Å². The second-order valence-corrected chi connectivity index (χ2v) is 8.55. The number of hydrogen-bond donors (Lipinski definition) is 1. The fourth-order valence-corrected chi connectivity index (χ4v) is 4.22. The van der Waals surface area contributed by atoms with E-state index in [2.05, 4.69) is 0 Å². The maximum absolute atomic E-state index is 13.1. The number of ether oxygens (including phenoxy) is 2. The fourth-order valence-electron chi connectivity index (χ4n) is 4.22. The lowest BCUT2D eigenvalue weighted by Gasteiger charge is -2.25. The fraction of sp³-hybridized carbons (Fsp3) is 0.241. The molecule has 1 fully saturated rings. The molecule has 1 saturated heterocycles. The number of aliphatic hydroxyl groups excluding tert-OH is 1. The summed E-state index contributed by atoms with van der Waals surface area (Å²) in [7, 11) is 1.59. The Morgan fingerprint density at radius 3 is 2.43 bits per heavy atom. The topological polar surface area (TPSA) is 76.1 Å². The molecule has 1 heterocycles. The first-order chi connectivity index (χ1) is 17.0. The number of methoxy groups -OCH3 is 1. The first-order valence-electron chi connectivity index (χ1n) is 11.6. The number of carbonyl (C=O) groups is 2. The van der Waals surface area contributed by atoms with Crippen LogP contribution in [0.2, 0.25) is 0 Å². The van der Waals surface area contributed by atoms with Crippen LogP contribution in [0.5, 0.6) is 5.75 Å². The predicted molar refractivity (Wildman–Crippen MR) is 134 cm³/mol. The van der Waals surface area contributed by atoms with E-state index < -0.39 is 17.7 Å². The van der Waals surface area contributed by atoms with Crippen LogP contribution in [0.3, 0.4) is 0 Å². The Morgan fingerprint density at radius 1 is 0.971 bits per heavy atom. The standard InChI is InChI=1S/C29H29NO5/c1-20-12-14-22(15-13-20)27(31)25-26(30(16-7-17-34-2)29(33)28(25)32)23-10-6-11-24(18-23)35-19-21-8-4-3-5-9-21/h3-6,8-15,18,26,31H,7,16-17,19H2,1-2H3. The highest BCUT2D eigenvalue weighted by Gasteiger charge is 2.45. The number of aryl methyl sites for hydroxylation is 1. The van der Waals surface area contributed by atoms with E-state index in [-0.39, 0.29) is 11.3 Å². The van der Waals surface area contributed by atoms with Gasteiger partial charge in [-0.2, -0.15) is 0 Å². The first kappa shape index (κ1) is 24.2. The average Bonchev–Trinajstić information content (AvgIpc) is 3.13. The summed E-state index contributed by atoms with van der Waals surface area (Å²) in [4.78, 5) is 27.7. The number of likely N-dealkylation sites (tertiary alicyclic amines) is 1. The number of ketones is 1. The molecule has 0 spiro atoms. The van der Waals surface area contributed by atoms with Crippen molar-refractivity contribution in [2.45, 2.75) is 26.0 Å². The monoisotopic (exact) mass is 471 g/mol. The molecule has 0 saturated carbocycles. The summed E-state index contributed by atoms with van der Waals surface area (Å²) in [6.07, 6.45) is 0.564. The Labute approximate surface area is 205 Å². The van der Waals surface area contributed by atoms with E-state index in [1.54, 1.807) is 19.2 Å². The van der Waals surface area contributed by atoms with E-state index in [4.69, 9.17) is 9.47 Å². The molecule has 180 valence electrons. The van der Waals surface area contributed by atoms with Crippen LogP contribution in [-0.4, -0.2) is 42.0 Å². The smallest absolute Gasteiger partial charge is 0.295 e. The molecule has 1 aliphatic heterocycles. The predicted octanol–water partition coefficient (Wildman–Crippen LogP) is 5.03. The highest BCUT2D eigenvalue weighted by atomic mass is 16.5. The molecule has 6 nitrogen and oxygen atoms in total. The van der Waals surface area contributed by atoms with E-state index in [0.29, 0.717) is 43.1 Å². The van der Waals surface area contributed by atoms with Crippen molar-refractivity contribution in [2.75, 3.05) is 20.3 Å². The van der Waals surface area contributed by atoms with Gasteiger partial charge in [0.25, 0.3) is 11.7 Å². The van der Waals surface area contributed by atoms with Crippen molar-refractivity contribution in [2.24, 2.45) is 0 Å². The van der Waals surface area contributed by atoms with E-state index in [0.717, 1.165) is 11.1 Å². The number of benzene rings is 3. The molecular formula is C29H29NO5. The Balaban J connectivity index is 1.72. The third-order valence-electron chi connectivity index (χ3n) is 6.03. The van der Waals surface area contributed by atoms with Crippen LogP contribution >= 0.6 is 0 Å². The lowest BCUT2D eigenvalue weighted by molar-refractivity contribution is -0.140. The van der Waals surface area contributed by atoms with Gasteiger partial charge in [0, 0.05) is 25.8 Å². The molecule has 0 radical (unpaired) electrons. The zero-order valence-electron chi connectivity index (χ0n) is 19.9. The maximum atomic E-state index is 13.1. The number of carbonyl (C=O) groups excluding carboxylic acids is 2. The maximum Gasteiger partial charge on any atom is 0.295 e. The third-order valence-corrected chi connectivity index (χ3v) is 6.03. The lowest BCUT2D eigenvalue weighted by atomic mass is 9.95. The summed E-state index contributed by atoms with van der Waals surface area (Å²) >= 11 is 0. The summed E-state index contributed by atoms with van der Waals surface area (Å²) in [5.41, 5.74) is 3.33. The second-order valence-electron chi connectivity index (χ2n) is 8.55. The van der Waals surface area contributed by atoms with Crippen LogP contribution in [-0.2, 0) is 20.9 Å². The molecule has 4 rings (SSSR count). The Hall–Kier alpha value is -3.90. The Morgan fingerprint density at radius 2 is 1.71 bits per heavy atom. The van der Waals surface area contributed by atoms with Crippen LogP contribution in [0.1, 0.15) is 34.7 Å². The lowest BCUT2D eigenvalue weighted by Crippen LogP contribution is -2.31. The minimum atomic E-state index is -0.728. The molecule has 0 aromatic heterocycles. The minimum absolute atomic E-state index is 0.0801. The third kappa shape index (κ3) is 5.44. The van der Waals surface area contributed by atoms with Gasteiger partial charge in [-0.05, 0) is 36.6 Å². The number of Topliss-reactive ketones (excluding diaryl/α,β-unsaturated/α-hetero) is 1. The van der Waals surface area contributed by atoms with E-state index in [9.17, 15) is 14.7 Å². The molecule has 3 aromatic rings. The molecule has 1 aliphatic rings. The van der Waals surface area contributed by atoms with Gasteiger partial charge in [0.2, 0.25) is 0 Å². The first-order valence-corrected chi connectivity index (χ1v) is 11.6. The molecule has 0 bridgehead atoms. The van der Waals surface area contributed by atoms with Crippen molar-refractivity contribution >= 4 is 17.4 Å². The van der Waals surface area contributed by atoms with Gasteiger partial charge >= 0.3 is 0 Å². The highest BCUT2D eigenvalue weighted by Crippen LogP contribution is 2.40. The number of aliphatic hydroxyl groups is 1. The molecule has 3 aromatic carbocycles. The summed E-state index contributed by atoms with van der Waals surface area (Å²) in [5.74, 6) is -0.890. The number of rotatable bonds is 9. The zero-order valence-corrected chi connectivity index (χ0v) is 19.9. The van der Waals surface area contributed by atoms with Crippen molar-refractivity contribution in [3.63, 3.8) is 0 Å². The zero-order chi connectivity index (χ0) is 24.8. The van der Waals surface area contributed by atoms with Crippen molar-refractivity contribution in [3.8, 4) is 5.75 Å². The van der Waals surface area contributed by atoms with E-state index in [1.165, 1.54) is 4.90 Å². The highest BCUT2D eigenvalue weighted by molar-refractivity contribution is 6.46. The quantitative estimate of drug-likeness (QED) is 0.205. The second kappa shape index (κ2) is 11.0. The minimum Gasteiger partial charge on any atom is -0.507 e. The van der Waals surface area contributed by atoms with E-state index >= 15 is 0 Å². The van der Waals surface area contributed by atoms with Crippen molar-refractivity contribution in [1.29, 1.82) is 0 Å². The van der Waals surface area contributed by atoms with Gasteiger partial charge in [0.15, 0.2) is 0 Å². The number of nitrogens with zero attached hydrogens (tertiary/aromatic N) is 1. The molecular weight excluding hydrogens is 442 g/mol. The van der Waals surface area contributed by atoms with Crippen LogP contribution < -0.4 is 4.74 Å². The van der Waals surface area contributed by atoms with Gasteiger partial charge in [-0.3, -0.25) is 9.59 Å². The Kier molecular flexibility index (Phi) is 7.63. The summed E-state index contributed by atoms with van der Waals surface area (Å²) in [6.45, 7) is 3.11. The van der Waals surface area contributed by atoms with Crippen LogP contribution in [0, 0.1) is 6.92 Å². The number of amides is 1. The van der Waals surface area contributed by atoms with Crippen LogP contribution in [0.4, 0.5) is 0 Å².